The highest BCUT2D eigenvalue weighted by atomic mass is 19.1. The van der Waals surface area contributed by atoms with Crippen molar-refractivity contribution in [1.82, 2.24) is 15.0 Å². The third kappa shape index (κ3) is 4.97. The van der Waals surface area contributed by atoms with Crippen molar-refractivity contribution in [1.29, 1.82) is 0 Å². The summed E-state index contributed by atoms with van der Waals surface area (Å²) in [4.78, 5) is 13.1. The molecular formula is C19H20FN5. The lowest BCUT2D eigenvalue weighted by Gasteiger charge is -2.11. The van der Waals surface area contributed by atoms with Crippen LogP contribution in [-0.2, 0) is 13.0 Å². The average Bonchev–Trinajstić information content (AvgIpc) is 2.63. The van der Waals surface area contributed by atoms with E-state index in [1.54, 1.807) is 24.5 Å². The van der Waals surface area contributed by atoms with Crippen LogP contribution in [0.5, 0.6) is 0 Å². The normalized spacial score (nSPS) is 10.5. The zero-order valence-corrected chi connectivity index (χ0v) is 14.0. The van der Waals surface area contributed by atoms with E-state index in [-0.39, 0.29) is 5.82 Å². The summed E-state index contributed by atoms with van der Waals surface area (Å²) in [7, 11) is 0. The number of hydrogen-bond acceptors (Lipinski definition) is 5. The van der Waals surface area contributed by atoms with Crippen molar-refractivity contribution in [2.45, 2.75) is 26.3 Å². The van der Waals surface area contributed by atoms with Gasteiger partial charge in [-0.2, -0.15) is 4.98 Å². The fourth-order valence-corrected chi connectivity index (χ4v) is 2.38. The monoisotopic (exact) mass is 337 g/mol. The zero-order chi connectivity index (χ0) is 17.5. The Balaban J connectivity index is 1.77. The highest BCUT2D eigenvalue weighted by Gasteiger charge is 2.05. The SMILES string of the molecule is CCCc1cc(NCc2ccncc2)nc(Nc2ccc(F)cc2)n1. The molecule has 0 saturated heterocycles. The quantitative estimate of drug-likeness (QED) is 0.672. The molecule has 2 N–H and O–H groups in total. The summed E-state index contributed by atoms with van der Waals surface area (Å²) in [5.74, 6) is 0.973. The number of aryl methyl sites for hydroxylation is 1. The largest absolute Gasteiger partial charge is 0.366 e. The Hall–Kier alpha value is -3.02. The van der Waals surface area contributed by atoms with Gasteiger partial charge in [0.2, 0.25) is 5.95 Å². The molecule has 5 nitrogen and oxygen atoms in total. The third-order valence-electron chi connectivity index (χ3n) is 3.61. The fourth-order valence-electron chi connectivity index (χ4n) is 2.38. The zero-order valence-electron chi connectivity index (χ0n) is 14.0. The molecule has 1 aromatic carbocycles. The molecule has 0 bridgehead atoms. The average molecular weight is 337 g/mol. The Labute approximate surface area is 146 Å². The van der Waals surface area contributed by atoms with Crippen LogP contribution in [0.2, 0.25) is 0 Å². The molecule has 0 saturated carbocycles. The van der Waals surface area contributed by atoms with Crippen LogP contribution in [-0.4, -0.2) is 15.0 Å². The second-order valence-electron chi connectivity index (χ2n) is 5.66. The van der Waals surface area contributed by atoms with Crippen molar-refractivity contribution in [3.63, 3.8) is 0 Å². The number of pyridine rings is 1. The molecule has 0 unspecified atom stereocenters. The van der Waals surface area contributed by atoms with Gasteiger partial charge in [-0.05, 0) is 48.4 Å². The first-order valence-corrected chi connectivity index (χ1v) is 8.26. The van der Waals surface area contributed by atoms with Crippen LogP contribution >= 0.6 is 0 Å². The number of aromatic nitrogens is 3. The van der Waals surface area contributed by atoms with E-state index in [0.29, 0.717) is 12.5 Å². The second-order valence-corrected chi connectivity index (χ2v) is 5.66. The Kier molecular flexibility index (Phi) is 5.51. The van der Waals surface area contributed by atoms with Crippen LogP contribution in [0.15, 0.2) is 54.9 Å². The molecule has 25 heavy (non-hydrogen) atoms. The summed E-state index contributed by atoms with van der Waals surface area (Å²) in [5.41, 5.74) is 2.83. The maximum Gasteiger partial charge on any atom is 0.229 e. The molecule has 0 spiro atoms. The Morgan fingerprint density at radius 3 is 2.48 bits per heavy atom. The second kappa shape index (κ2) is 8.19. The molecule has 0 fully saturated rings. The van der Waals surface area contributed by atoms with Crippen molar-refractivity contribution in [3.05, 3.63) is 71.9 Å². The van der Waals surface area contributed by atoms with E-state index >= 15 is 0 Å². The van der Waals surface area contributed by atoms with E-state index in [9.17, 15) is 4.39 Å². The Bertz CT molecular complexity index is 806. The number of nitrogens with zero attached hydrogens (tertiary/aromatic N) is 3. The van der Waals surface area contributed by atoms with Gasteiger partial charge in [0, 0.05) is 36.4 Å². The fraction of sp³-hybridized carbons (Fsp3) is 0.211. The highest BCUT2D eigenvalue weighted by molar-refractivity contribution is 5.55. The summed E-state index contributed by atoms with van der Waals surface area (Å²) in [6.45, 7) is 2.76. The molecule has 128 valence electrons. The lowest BCUT2D eigenvalue weighted by molar-refractivity contribution is 0.628. The molecule has 6 heteroatoms. The molecule has 2 aromatic heterocycles. The van der Waals surface area contributed by atoms with Crippen molar-refractivity contribution in [2.24, 2.45) is 0 Å². The summed E-state index contributed by atoms with van der Waals surface area (Å²) >= 11 is 0. The lowest BCUT2D eigenvalue weighted by atomic mass is 10.2. The molecule has 0 atom stereocenters. The number of rotatable bonds is 7. The van der Waals surface area contributed by atoms with Gasteiger partial charge in [0.1, 0.15) is 11.6 Å². The van der Waals surface area contributed by atoms with Crippen LogP contribution in [0.4, 0.5) is 21.8 Å². The number of hydrogen-bond donors (Lipinski definition) is 2. The number of halogens is 1. The van der Waals surface area contributed by atoms with Crippen LogP contribution in [0.25, 0.3) is 0 Å². The summed E-state index contributed by atoms with van der Waals surface area (Å²) in [5, 5.41) is 6.45. The van der Waals surface area contributed by atoms with Crippen molar-refractivity contribution in [2.75, 3.05) is 10.6 Å². The highest BCUT2D eigenvalue weighted by Crippen LogP contribution is 2.17. The van der Waals surface area contributed by atoms with Gasteiger partial charge in [0.15, 0.2) is 0 Å². The van der Waals surface area contributed by atoms with Gasteiger partial charge in [0.05, 0.1) is 0 Å². The maximum atomic E-state index is 13.0. The number of nitrogens with one attached hydrogen (secondary N) is 2. The molecule has 3 aromatic rings. The predicted octanol–water partition coefficient (Wildman–Crippen LogP) is 4.32. The van der Waals surface area contributed by atoms with Gasteiger partial charge in [-0.3, -0.25) is 4.98 Å². The molecule has 0 aliphatic heterocycles. The van der Waals surface area contributed by atoms with Gasteiger partial charge in [-0.25, -0.2) is 9.37 Å². The van der Waals surface area contributed by atoms with Gasteiger partial charge in [0.25, 0.3) is 0 Å². The summed E-state index contributed by atoms with van der Waals surface area (Å²) < 4.78 is 13.0. The van der Waals surface area contributed by atoms with Crippen molar-refractivity contribution >= 4 is 17.5 Å². The maximum absolute atomic E-state index is 13.0. The van der Waals surface area contributed by atoms with Crippen molar-refractivity contribution < 1.29 is 4.39 Å². The van der Waals surface area contributed by atoms with E-state index in [1.165, 1.54) is 12.1 Å². The van der Waals surface area contributed by atoms with E-state index < -0.39 is 0 Å². The molecule has 0 amide bonds. The van der Waals surface area contributed by atoms with Gasteiger partial charge in [-0.1, -0.05) is 13.3 Å². The molecular weight excluding hydrogens is 317 g/mol. The smallest absolute Gasteiger partial charge is 0.229 e. The van der Waals surface area contributed by atoms with Crippen molar-refractivity contribution in [3.8, 4) is 0 Å². The van der Waals surface area contributed by atoms with E-state index in [1.807, 2.05) is 18.2 Å². The number of anilines is 3. The first-order chi connectivity index (χ1) is 12.2. The van der Waals surface area contributed by atoms with Crippen LogP contribution in [0.1, 0.15) is 24.6 Å². The van der Waals surface area contributed by atoms with E-state index in [4.69, 9.17) is 0 Å². The first-order valence-electron chi connectivity index (χ1n) is 8.26. The topological polar surface area (TPSA) is 62.7 Å². The predicted molar refractivity (Wildman–Crippen MR) is 97.3 cm³/mol. The van der Waals surface area contributed by atoms with Crippen LogP contribution < -0.4 is 10.6 Å². The Morgan fingerprint density at radius 1 is 1.00 bits per heavy atom. The lowest BCUT2D eigenvalue weighted by Crippen LogP contribution is -2.07. The standard InChI is InChI=1S/C19H20FN5/c1-2-3-17-12-18(22-13-14-8-10-21-11-9-14)25-19(24-17)23-16-6-4-15(20)5-7-16/h4-12H,2-3,13H2,1H3,(H2,22,23,24,25). The minimum Gasteiger partial charge on any atom is -0.366 e. The third-order valence-corrected chi connectivity index (χ3v) is 3.61. The van der Waals surface area contributed by atoms with E-state index in [2.05, 4.69) is 32.5 Å². The van der Waals surface area contributed by atoms with Gasteiger partial charge < -0.3 is 10.6 Å². The van der Waals surface area contributed by atoms with Crippen LogP contribution in [0, 0.1) is 5.82 Å². The van der Waals surface area contributed by atoms with Crippen LogP contribution in [0.3, 0.4) is 0 Å². The number of benzene rings is 1. The Morgan fingerprint density at radius 2 is 1.76 bits per heavy atom. The molecule has 3 rings (SSSR count). The first kappa shape index (κ1) is 16.8. The molecule has 0 radical (unpaired) electrons. The minimum absolute atomic E-state index is 0.272. The summed E-state index contributed by atoms with van der Waals surface area (Å²) in [6, 6.07) is 12.0. The van der Waals surface area contributed by atoms with E-state index in [0.717, 1.165) is 35.6 Å². The summed E-state index contributed by atoms with van der Waals surface area (Å²) in [6.07, 6.45) is 5.39. The molecule has 2 heterocycles. The molecule has 0 aliphatic rings. The van der Waals surface area contributed by atoms with Gasteiger partial charge in [-0.15, -0.1) is 0 Å². The minimum atomic E-state index is -0.272. The van der Waals surface area contributed by atoms with Gasteiger partial charge >= 0.3 is 0 Å². The molecule has 0 aliphatic carbocycles.